The van der Waals surface area contributed by atoms with Crippen molar-refractivity contribution in [2.24, 2.45) is 5.73 Å². The molecule has 0 aliphatic carbocycles. The molecular formula is C16H21NS. The molecule has 0 aliphatic heterocycles. The SMILES string of the molecule is Cc1ccc(C(N)Cc2ccc(C(C)C)cc2)s1. The third kappa shape index (κ3) is 3.21. The van der Waals surface area contributed by atoms with E-state index in [1.165, 1.54) is 20.9 Å². The number of benzene rings is 1. The van der Waals surface area contributed by atoms with Gasteiger partial charge in [-0.25, -0.2) is 0 Å². The first-order valence-corrected chi connectivity index (χ1v) is 7.28. The van der Waals surface area contributed by atoms with Crippen LogP contribution in [0.5, 0.6) is 0 Å². The van der Waals surface area contributed by atoms with Crippen LogP contribution in [0.2, 0.25) is 0 Å². The highest BCUT2D eigenvalue weighted by Gasteiger charge is 2.09. The molecule has 96 valence electrons. The van der Waals surface area contributed by atoms with Crippen LogP contribution in [0.15, 0.2) is 36.4 Å². The minimum absolute atomic E-state index is 0.119. The maximum Gasteiger partial charge on any atom is 0.0430 e. The average Bonchev–Trinajstić information content (AvgIpc) is 2.76. The number of rotatable bonds is 4. The number of thiophene rings is 1. The van der Waals surface area contributed by atoms with Crippen LogP contribution in [0, 0.1) is 6.92 Å². The van der Waals surface area contributed by atoms with Gasteiger partial charge in [-0.15, -0.1) is 11.3 Å². The lowest BCUT2D eigenvalue weighted by Crippen LogP contribution is -2.11. The number of hydrogen-bond donors (Lipinski definition) is 1. The van der Waals surface area contributed by atoms with Gasteiger partial charge in [-0.3, -0.25) is 0 Å². The van der Waals surface area contributed by atoms with Crippen LogP contribution in [0.1, 0.15) is 46.7 Å². The summed E-state index contributed by atoms with van der Waals surface area (Å²) in [5.74, 6) is 0.590. The van der Waals surface area contributed by atoms with E-state index in [2.05, 4.69) is 57.2 Å². The molecule has 0 radical (unpaired) electrons. The van der Waals surface area contributed by atoms with E-state index in [1.807, 2.05) is 0 Å². The molecule has 1 unspecified atom stereocenters. The van der Waals surface area contributed by atoms with E-state index in [4.69, 9.17) is 5.73 Å². The molecule has 1 heterocycles. The molecule has 1 atom stereocenters. The summed E-state index contributed by atoms with van der Waals surface area (Å²) >= 11 is 1.80. The van der Waals surface area contributed by atoms with Gasteiger partial charge in [0.25, 0.3) is 0 Å². The maximum atomic E-state index is 6.25. The van der Waals surface area contributed by atoms with Crippen molar-refractivity contribution in [1.29, 1.82) is 0 Å². The smallest absolute Gasteiger partial charge is 0.0430 e. The van der Waals surface area contributed by atoms with Crippen LogP contribution in [0.25, 0.3) is 0 Å². The Hall–Kier alpha value is -1.12. The van der Waals surface area contributed by atoms with Crippen LogP contribution >= 0.6 is 11.3 Å². The summed E-state index contributed by atoms with van der Waals surface area (Å²) in [7, 11) is 0. The summed E-state index contributed by atoms with van der Waals surface area (Å²) in [5, 5.41) is 0. The monoisotopic (exact) mass is 259 g/mol. The van der Waals surface area contributed by atoms with Gasteiger partial charge in [0.2, 0.25) is 0 Å². The Balaban J connectivity index is 2.05. The highest BCUT2D eigenvalue weighted by atomic mass is 32.1. The molecule has 0 bridgehead atoms. The van der Waals surface area contributed by atoms with Gasteiger partial charge in [0, 0.05) is 15.8 Å². The summed E-state index contributed by atoms with van der Waals surface area (Å²) in [4.78, 5) is 2.61. The van der Waals surface area contributed by atoms with Gasteiger partial charge in [-0.05, 0) is 42.5 Å². The molecule has 0 spiro atoms. The predicted octanol–water partition coefficient (Wildman–Crippen LogP) is 4.42. The van der Waals surface area contributed by atoms with E-state index >= 15 is 0 Å². The lowest BCUT2D eigenvalue weighted by atomic mass is 9.99. The molecule has 0 amide bonds. The molecule has 2 heteroatoms. The first kappa shape index (κ1) is 13.3. The third-order valence-corrected chi connectivity index (χ3v) is 4.36. The van der Waals surface area contributed by atoms with Gasteiger partial charge in [0.1, 0.15) is 0 Å². The van der Waals surface area contributed by atoms with Crippen molar-refractivity contribution in [2.45, 2.75) is 39.2 Å². The summed E-state index contributed by atoms with van der Waals surface area (Å²) in [6, 6.07) is 13.2. The molecule has 2 aromatic rings. The van der Waals surface area contributed by atoms with Gasteiger partial charge >= 0.3 is 0 Å². The van der Waals surface area contributed by atoms with Crippen molar-refractivity contribution in [3.63, 3.8) is 0 Å². The topological polar surface area (TPSA) is 26.0 Å². The zero-order valence-corrected chi connectivity index (χ0v) is 12.1. The van der Waals surface area contributed by atoms with Crippen molar-refractivity contribution < 1.29 is 0 Å². The Labute approximate surface area is 114 Å². The summed E-state index contributed by atoms with van der Waals surface area (Å²) < 4.78 is 0. The Morgan fingerprint density at radius 3 is 2.22 bits per heavy atom. The van der Waals surface area contributed by atoms with Crippen molar-refractivity contribution in [1.82, 2.24) is 0 Å². The quantitative estimate of drug-likeness (QED) is 0.864. The van der Waals surface area contributed by atoms with E-state index in [0.717, 1.165) is 6.42 Å². The maximum absolute atomic E-state index is 6.25. The Bertz CT molecular complexity index is 496. The second kappa shape index (κ2) is 5.68. The molecule has 18 heavy (non-hydrogen) atoms. The molecule has 1 aromatic heterocycles. The van der Waals surface area contributed by atoms with E-state index in [9.17, 15) is 0 Å². The highest BCUT2D eigenvalue weighted by Crippen LogP contribution is 2.24. The minimum atomic E-state index is 0.119. The summed E-state index contributed by atoms with van der Waals surface area (Å²) in [6.07, 6.45) is 0.915. The first-order valence-electron chi connectivity index (χ1n) is 6.47. The second-order valence-electron chi connectivity index (χ2n) is 5.16. The number of aryl methyl sites for hydroxylation is 1. The first-order chi connectivity index (χ1) is 8.56. The fraction of sp³-hybridized carbons (Fsp3) is 0.375. The standard InChI is InChI=1S/C16H21NS/c1-11(2)14-7-5-13(6-8-14)10-15(17)16-9-4-12(3)18-16/h4-9,11,15H,10,17H2,1-3H3. The van der Waals surface area contributed by atoms with Crippen molar-refractivity contribution >= 4 is 11.3 Å². The lowest BCUT2D eigenvalue weighted by Gasteiger charge is -2.11. The van der Waals surface area contributed by atoms with Crippen molar-refractivity contribution in [3.05, 3.63) is 57.3 Å². The van der Waals surface area contributed by atoms with Crippen molar-refractivity contribution in [2.75, 3.05) is 0 Å². The van der Waals surface area contributed by atoms with Gasteiger partial charge in [-0.2, -0.15) is 0 Å². The molecule has 0 saturated heterocycles. The summed E-state index contributed by atoms with van der Waals surface area (Å²) in [5.41, 5.74) is 8.95. The normalized spacial score (nSPS) is 12.9. The fourth-order valence-electron chi connectivity index (χ4n) is 2.05. The van der Waals surface area contributed by atoms with Crippen LogP contribution in [0.3, 0.4) is 0 Å². The zero-order chi connectivity index (χ0) is 13.1. The van der Waals surface area contributed by atoms with Crippen LogP contribution in [0.4, 0.5) is 0 Å². The number of hydrogen-bond acceptors (Lipinski definition) is 2. The molecule has 2 N–H and O–H groups in total. The second-order valence-corrected chi connectivity index (χ2v) is 6.47. The highest BCUT2D eigenvalue weighted by molar-refractivity contribution is 7.12. The molecule has 2 rings (SSSR count). The zero-order valence-electron chi connectivity index (χ0n) is 11.3. The van der Waals surface area contributed by atoms with Gasteiger partial charge in [0.05, 0.1) is 0 Å². The Morgan fingerprint density at radius 1 is 1.06 bits per heavy atom. The molecule has 1 nitrogen and oxygen atoms in total. The predicted molar refractivity (Wildman–Crippen MR) is 80.2 cm³/mol. The average molecular weight is 259 g/mol. The molecule has 0 saturated carbocycles. The lowest BCUT2D eigenvalue weighted by molar-refractivity contribution is 0.735. The third-order valence-electron chi connectivity index (χ3n) is 3.23. The minimum Gasteiger partial charge on any atom is -0.323 e. The Kier molecular flexibility index (Phi) is 4.20. The van der Waals surface area contributed by atoms with E-state index in [-0.39, 0.29) is 6.04 Å². The van der Waals surface area contributed by atoms with Gasteiger partial charge < -0.3 is 5.73 Å². The van der Waals surface area contributed by atoms with E-state index < -0.39 is 0 Å². The van der Waals surface area contributed by atoms with E-state index in [1.54, 1.807) is 11.3 Å². The Morgan fingerprint density at radius 2 is 1.72 bits per heavy atom. The number of nitrogens with two attached hydrogens (primary N) is 1. The molecule has 0 fully saturated rings. The van der Waals surface area contributed by atoms with Crippen LogP contribution in [-0.2, 0) is 6.42 Å². The van der Waals surface area contributed by atoms with E-state index in [0.29, 0.717) is 5.92 Å². The van der Waals surface area contributed by atoms with Crippen molar-refractivity contribution in [3.8, 4) is 0 Å². The van der Waals surface area contributed by atoms with Crippen LogP contribution in [-0.4, -0.2) is 0 Å². The largest absolute Gasteiger partial charge is 0.323 e. The molecule has 0 aliphatic rings. The van der Waals surface area contributed by atoms with Crippen LogP contribution < -0.4 is 5.73 Å². The molecular weight excluding hydrogens is 238 g/mol. The van der Waals surface area contributed by atoms with Gasteiger partial charge in [0.15, 0.2) is 0 Å². The fourth-order valence-corrected chi connectivity index (χ4v) is 2.92. The van der Waals surface area contributed by atoms with Gasteiger partial charge in [-0.1, -0.05) is 38.1 Å². The molecule has 1 aromatic carbocycles. The summed E-state index contributed by atoms with van der Waals surface area (Å²) in [6.45, 7) is 6.56.